The van der Waals surface area contributed by atoms with Gasteiger partial charge >= 0.3 is 0 Å². The van der Waals surface area contributed by atoms with Gasteiger partial charge in [0.15, 0.2) is 0 Å². The van der Waals surface area contributed by atoms with Crippen molar-refractivity contribution in [2.75, 3.05) is 25.0 Å². The largest absolute Gasteiger partial charge is 0.496 e. The number of hydrogen-bond donors (Lipinski definition) is 1. The number of likely N-dealkylation sites (N-methyl/N-ethyl adjacent to an activating group) is 1. The minimum absolute atomic E-state index is 0.000177. The number of anilines is 1. The maximum atomic E-state index is 13.9. The summed E-state index contributed by atoms with van der Waals surface area (Å²) in [4.78, 5) is 27.6. The zero-order chi connectivity index (χ0) is 28.9. The topological polar surface area (TPSA) is 96.0 Å². The van der Waals surface area contributed by atoms with Gasteiger partial charge in [0.25, 0.3) is 10.0 Å². The number of nitrogens with one attached hydrogen (secondary N) is 1. The number of carbonyl (C=O) groups excluding carboxylic acids is 2. The molecule has 3 aromatic rings. The van der Waals surface area contributed by atoms with Gasteiger partial charge in [-0.2, -0.15) is 0 Å². The van der Waals surface area contributed by atoms with E-state index in [0.717, 1.165) is 9.87 Å². The van der Waals surface area contributed by atoms with Gasteiger partial charge in [0.2, 0.25) is 11.8 Å². The summed E-state index contributed by atoms with van der Waals surface area (Å²) in [5, 5.41) is 3.18. The van der Waals surface area contributed by atoms with Gasteiger partial charge in [-0.3, -0.25) is 13.9 Å². The van der Waals surface area contributed by atoms with E-state index in [-0.39, 0.29) is 11.4 Å². The Morgan fingerprint density at radius 2 is 1.69 bits per heavy atom. The fourth-order valence-corrected chi connectivity index (χ4v) is 6.25. The SMILES string of the molecule is CNC(=O)[C@H](C)N(Cc1ccc(Cl)c(Cl)c1)C(=O)CN(c1ccc(C)cc1)S(=O)(=O)c1ccc(OC)c(Br)c1. The molecule has 208 valence electrons. The second-order valence-corrected chi connectivity index (χ2v) is 12.2. The second-order valence-electron chi connectivity index (χ2n) is 8.70. The Labute approximate surface area is 247 Å². The fraction of sp³-hybridized carbons (Fsp3) is 0.259. The number of aryl methyl sites for hydroxylation is 1. The van der Waals surface area contributed by atoms with Crippen LogP contribution in [-0.2, 0) is 26.2 Å². The van der Waals surface area contributed by atoms with Crippen LogP contribution in [0.25, 0.3) is 0 Å². The molecule has 0 aliphatic rings. The quantitative estimate of drug-likeness (QED) is 0.314. The van der Waals surface area contributed by atoms with E-state index in [1.54, 1.807) is 49.4 Å². The van der Waals surface area contributed by atoms with Crippen LogP contribution in [0.2, 0.25) is 10.0 Å². The van der Waals surface area contributed by atoms with Crippen LogP contribution in [0.1, 0.15) is 18.1 Å². The molecule has 3 aromatic carbocycles. The van der Waals surface area contributed by atoms with Crippen molar-refractivity contribution in [1.82, 2.24) is 10.2 Å². The van der Waals surface area contributed by atoms with Gasteiger partial charge in [0.1, 0.15) is 18.3 Å². The number of ether oxygens (including phenoxy) is 1. The van der Waals surface area contributed by atoms with Crippen LogP contribution < -0.4 is 14.4 Å². The van der Waals surface area contributed by atoms with E-state index in [2.05, 4.69) is 21.2 Å². The number of halogens is 3. The summed E-state index contributed by atoms with van der Waals surface area (Å²) in [6.45, 7) is 2.88. The van der Waals surface area contributed by atoms with E-state index in [1.165, 1.54) is 37.3 Å². The highest BCUT2D eigenvalue weighted by molar-refractivity contribution is 9.10. The average molecular weight is 657 g/mol. The third kappa shape index (κ3) is 7.25. The van der Waals surface area contributed by atoms with Gasteiger partial charge in [0, 0.05) is 13.6 Å². The number of benzene rings is 3. The van der Waals surface area contributed by atoms with Gasteiger partial charge in [-0.05, 0) is 77.8 Å². The van der Waals surface area contributed by atoms with Gasteiger partial charge in [-0.1, -0.05) is 47.0 Å². The van der Waals surface area contributed by atoms with Crippen LogP contribution in [-0.4, -0.2) is 51.9 Å². The van der Waals surface area contributed by atoms with E-state index in [1.807, 2.05) is 6.92 Å². The van der Waals surface area contributed by atoms with Crippen molar-refractivity contribution in [1.29, 1.82) is 0 Å². The number of sulfonamides is 1. The highest BCUT2D eigenvalue weighted by Gasteiger charge is 2.32. The number of methoxy groups -OCH3 is 1. The molecule has 0 spiro atoms. The molecular formula is C27H28BrCl2N3O5S. The Hall–Kier alpha value is -2.79. The molecule has 12 heteroatoms. The first-order chi connectivity index (χ1) is 18.4. The summed E-state index contributed by atoms with van der Waals surface area (Å²) in [6.07, 6.45) is 0. The van der Waals surface area contributed by atoms with E-state index in [4.69, 9.17) is 27.9 Å². The molecule has 8 nitrogen and oxygen atoms in total. The number of rotatable bonds is 10. The molecule has 0 unspecified atom stereocenters. The molecule has 3 rings (SSSR count). The molecule has 39 heavy (non-hydrogen) atoms. The smallest absolute Gasteiger partial charge is 0.264 e. The normalized spacial score (nSPS) is 12.0. The molecule has 0 bridgehead atoms. The minimum atomic E-state index is -4.22. The summed E-state index contributed by atoms with van der Waals surface area (Å²) < 4.78 is 34.5. The molecule has 1 N–H and O–H groups in total. The Bertz CT molecular complexity index is 1470. The summed E-state index contributed by atoms with van der Waals surface area (Å²) in [7, 11) is -1.28. The van der Waals surface area contributed by atoms with Crippen molar-refractivity contribution in [2.45, 2.75) is 31.3 Å². The standard InChI is InChI=1S/C27H28BrCl2N3O5S/c1-17-5-8-20(9-6-17)33(39(36,37)21-10-12-25(38-4)22(28)14-21)16-26(34)32(18(2)27(35)31-3)15-19-7-11-23(29)24(30)13-19/h5-14,18H,15-16H2,1-4H3,(H,31,35)/t18-/m0/s1. The lowest BCUT2D eigenvalue weighted by Gasteiger charge is -2.32. The lowest BCUT2D eigenvalue weighted by molar-refractivity contribution is -0.139. The minimum Gasteiger partial charge on any atom is -0.496 e. The Kier molecular flexibility index (Phi) is 10.3. The first-order valence-corrected chi connectivity index (χ1v) is 14.8. The third-order valence-electron chi connectivity index (χ3n) is 6.06. The molecule has 1 atom stereocenters. The number of nitrogens with zero attached hydrogens (tertiary/aromatic N) is 2. The zero-order valence-electron chi connectivity index (χ0n) is 21.7. The molecule has 0 saturated carbocycles. The molecule has 0 aliphatic heterocycles. The van der Waals surface area contributed by atoms with Crippen molar-refractivity contribution >= 4 is 66.7 Å². The van der Waals surface area contributed by atoms with Crippen LogP contribution in [0, 0.1) is 6.92 Å². The Morgan fingerprint density at radius 3 is 2.26 bits per heavy atom. The van der Waals surface area contributed by atoms with Crippen LogP contribution >= 0.6 is 39.1 Å². The first kappa shape index (κ1) is 30.7. The average Bonchev–Trinajstić information content (AvgIpc) is 2.91. The summed E-state index contributed by atoms with van der Waals surface area (Å²) in [5.74, 6) is -0.541. The van der Waals surface area contributed by atoms with Gasteiger partial charge in [-0.25, -0.2) is 8.42 Å². The molecule has 0 aliphatic carbocycles. The van der Waals surface area contributed by atoms with Crippen molar-refractivity contribution in [3.63, 3.8) is 0 Å². The maximum absolute atomic E-state index is 13.9. The van der Waals surface area contributed by atoms with Gasteiger partial charge in [0.05, 0.1) is 32.2 Å². The number of hydrogen-bond acceptors (Lipinski definition) is 5. The van der Waals surface area contributed by atoms with Crippen LogP contribution in [0.3, 0.4) is 0 Å². The van der Waals surface area contributed by atoms with Crippen molar-refractivity contribution in [3.05, 3.63) is 86.3 Å². The molecule has 0 fully saturated rings. The highest BCUT2D eigenvalue weighted by atomic mass is 79.9. The highest BCUT2D eigenvalue weighted by Crippen LogP contribution is 2.31. The van der Waals surface area contributed by atoms with E-state index >= 15 is 0 Å². The van der Waals surface area contributed by atoms with E-state index < -0.39 is 34.4 Å². The van der Waals surface area contributed by atoms with Crippen LogP contribution in [0.5, 0.6) is 5.75 Å². The maximum Gasteiger partial charge on any atom is 0.264 e. The van der Waals surface area contributed by atoms with Gasteiger partial charge in [-0.15, -0.1) is 0 Å². The van der Waals surface area contributed by atoms with Crippen molar-refractivity contribution in [3.8, 4) is 5.75 Å². The predicted molar refractivity (Wildman–Crippen MR) is 157 cm³/mol. The number of amides is 2. The van der Waals surface area contributed by atoms with Gasteiger partial charge < -0.3 is 15.0 Å². The van der Waals surface area contributed by atoms with E-state index in [9.17, 15) is 18.0 Å². The Balaban J connectivity index is 2.06. The van der Waals surface area contributed by atoms with Crippen LogP contribution in [0.4, 0.5) is 5.69 Å². The number of carbonyl (C=O) groups is 2. The molecule has 0 saturated heterocycles. The third-order valence-corrected chi connectivity index (χ3v) is 9.19. The Morgan fingerprint density at radius 1 is 1.03 bits per heavy atom. The van der Waals surface area contributed by atoms with Crippen molar-refractivity contribution < 1.29 is 22.7 Å². The second kappa shape index (κ2) is 13.0. The summed E-state index contributed by atoms with van der Waals surface area (Å²) >= 11 is 15.5. The lowest BCUT2D eigenvalue weighted by atomic mass is 10.1. The fourth-order valence-electron chi connectivity index (χ4n) is 3.80. The molecule has 0 aromatic heterocycles. The lowest BCUT2D eigenvalue weighted by Crippen LogP contribution is -2.50. The zero-order valence-corrected chi connectivity index (χ0v) is 25.7. The summed E-state index contributed by atoms with van der Waals surface area (Å²) in [6, 6.07) is 15.1. The molecule has 2 amide bonds. The van der Waals surface area contributed by atoms with Crippen molar-refractivity contribution in [2.24, 2.45) is 0 Å². The van der Waals surface area contributed by atoms with Crippen LogP contribution in [0.15, 0.2) is 70.0 Å². The summed E-state index contributed by atoms with van der Waals surface area (Å²) in [5.41, 5.74) is 1.84. The predicted octanol–water partition coefficient (Wildman–Crippen LogP) is 5.43. The molecule has 0 heterocycles. The first-order valence-electron chi connectivity index (χ1n) is 11.8. The molecular weight excluding hydrogens is 629 g/mol. The molecule has 0 radical (unpaired) electrons. The van der Waals surface area contributed by atoms with E-state index in [0.29, 0.717) is 31.5 Å². The monoisotopic (exact) mass is 655 g/mol.